The van der Waals surface area contributed by atoms with Crippen LogP contribution in [0.2, 0.25) is 0 Å². The molecule has 1 heterocycles. The van der Waals surface area contributed by atoms with Gasteiger partial charge in [-0.25, -0.2) is 0 Å². The Hall–Kier alpha value is -1.75. The number of benzene rings is 1. The summed E-state index contributed by atoms with van der Waals surface area (Å²) in [5.74, 6) is 0.0498. The second-order valence-electron chi connectivity index (χ2n) is 4.76. The standard InChI is InChI=1S/C13H18N2O3/c1-9-5-10(3-4-11(9)18-2)15-13(6-12(16)17)7-14-8-13/h3-5,14-15H,6-8H2,1-2H3,(H,16,17). The lowest BCUT2D eigenvalue weighted by Crippen LogP contribution is -2.65. The van der Waals surface area contributed by atoms with Gasteiger partial charge in [0.25, 0.3) is 0 Å². The van der Waals surface area contributed by atoms with E-state index in [0.717, 1.165) is 17.0 Å². The van der Waals surface area contributed by atoms with Crippen molar-refractivity contribution in [2.24, 2.45) is 0 Å². The van der Waals surface area contributed by atoms with Gasteiger partial charge in [-0.2, -0.15) is 0 Å². The van der Waals surface area contributed by atoms with Gasteiger partial charge in [0.1, 0.15) is 5.75 Å². The Balaban J connectivity index is 2.12. The zero-order valence-electron chi connectivity index (χ0n) is 10.6. The maximum atomic E-state index is 10.9. The number of carbonyl (C=O) groups is 1. The molecule has 5 heteroatoms. The average molecular weight is 250 g/mol. The second kappa shape index (κ2) is 4.86. The minimum atomic E-state index is -0.783. The Morgan fingerprint density at radius 1 is 1.56 bits per heavy atom. The molecule has 1 aromatic carbocycles. The van der Waals surface area contributed by atoms with Crippen molar-refractivity contribution >= 4 is 11.7 Å². The molecule has 0 atom stereocenters. The molecule has 18 heavy (non-hydrogen) atoms. The van der Waals surface area contributed by atoms with Crippen molar-refractivity contribution in [3.63, 3.8) is 0 Å². The van der Waals surface area contributed by atoms with Gasteiger partial charge in [-0.3, -0.25) is 4.79 Å². The third-order valence-corrected chi connectivity index (χ3v) is 3.22. The summed E-state index contributed by atoms with van der Waals surface area (Å²) in [6.07, 6.45) is 0.116. The SMILES string of the molecule is COc1ccc(NC2(CC(=O)O)CNC2)cc1C. The molecule has 0 spiro atoms. The number of rotatable bonds is 5. The topological polar surface area (TPSA) is 70.6 Å². The van der Waals surface area contributed by atoms with Crippen molar-refractivity contribution < 1.29 is 14.6 Å². The first-order chi connectivity index (χ1) is 8.54. The summed E-state index contributed by atoms with van der Waals surface area (Å²) < 4.78 is 5.20. The molecular formula is C13H18N2O3. The Morgan fingerprint density at radius 2 is 2.28 bits per heavy atom. The van der Waals surface area contributed by atoms with Crippen molar-refractivity contribution in [1.29, 1.82) is 0 Å². The number of anilines is 1. The van der Waals surface area contributed by atoms with E-state index in [2.05, 4.69) is 10.6 Å². The van der Waals surface area contributed by atoms with Gasteiger partial charge in [-0.1, -0.05) is 0 Å². The van der Waals surface area contributed by atoms with Crippen LogP contribution < -0.4 is 15.4 Å². The van der Waals surface area contributed by atoms with Gasteiger partial charge in [0.05, 0.1) is 19.1 Å². The molecule has 0 saturated carbocycles. The van der Waals surface area contributed by atoms with Crippen LogP contribution in [0.1, 0.15) is 12.0 Å². The van der Waals surface area contributed by atoms with Gasteiger partial charge in [0.2, 0.25) is 0 Å². The first-order valence-electron chi connectivity index (χ1n) is 5.90. The first-order valence-corrected chi connectivity index (χ1v) is 5.90. The van der Waals surface area contributed by atoms with Crippen molar-refractivity contribution in [3.05, 3.63) is 23.8 Å². The predicted molar refractivity (Wildman–Crippen MR) is 69.2 cm³/mol. The van der Waals surface area contributed by atoms with Gasteiger partial charge < -0.3 is 20.5 Å². The third kappa shape index (κ3) is 2.56. The van der Waals surface area contributed by atoms with Crippen LogP contribution in [-0.2, 0) is 4.79 Å². The molecule has 98 valence electrons. The summed E-state index contributed by atoms with van der Waals surface area (Å²) in [6, 6.07) is 5.77. The van der Waals surface area contributed by atoms with E-state index in [1.807, 2.05) is 25.1 Å². The summed E-state index contributed by atoms with van der Waals surface area (Å²) in [6.45, 7) is 3.31. The number of methoxy groups -OCH3 is 1. The van der Waals surface area contributed by atoms with E-state index in [4.69, 9.17) is 9.84 Å². The maximum absolute atomic E-state index is 10.9. The number of nitrogens with one attached hydrogen (secondary N) is 2. The van der Waals surface area contributed by atoms with E-state index < -0.39 is 5.97 Å². The van der Waals surface area contributed by atoms with Gasteiger partial charge in [0.15, 0.2) is 0 Å². The van der Waals surface area contributed by atoms with Crippen LogP contribution in [0.25, 0.3) is 0 Å². The molecule has 1 fully saturated rings. The molecule has 5 nitrogen and oxygen atoms in total. The van der Waals surface area contributed by atoms with Crippen LogP contribution in [0.15, 0.2) is 18.2 Å². The molecule has 0 bridgehead atoms. The van der Waals surface area contributed by atoms with E-state index in [1.54, 1.807) is 7.11 Å². The van der Waals surface area contributed by atoms with Crippen LogP contribution in [0, 0.1) is 6.92 Å². The number of aryl methyl sites for hydroxylation is 1. The van der Waals surface area contributed by atoms with Gasteiger partial charge in [-0.15, -0.1) is 0 Å². The number of ether oxygens (including phenoxy) is 1. The lowest BCUT2D eigenvalue weighted by molar-refractivity contribution is -0.138. The summed E-state index contributed by atoms with van der Waals surface area (Å²) >= 11 is 0. The fraction of sp³-hybridized carbons (Fsp3) is 0.462. The zero-order valence-corrected chi connectivity index (χ0v) is 10.6. The minimum Gasteiger partial charge on any atom is -0.496 e. The predicted octanol–water partition coefficient (Wildman–Crippen LogP) is 1.23. The van der Waals surface area contributed by atoms with Crippen molar-refractivity contribution in [2.45, 2.75) is 18.9 Å². The molecular weight excluding hydrogens is 232 g/mol. The van der Waals surface area contributed by atoms with E-state index in [9.17, 15) is 4.79 Å². The molecule has 0 aliphatic carbocycles. The molecule has 1 saturated heterocycles. The fourth-order valence-corrected chi connectivity index (χ4v) is 2.24. The van der Waals surface area contributed by atoms with E-state index in [1.165, 1.54) is 0 Å². The minimum absolute atomic E-state index is 0.116. The van der Waals surface area contributed by atoms with Crippen molar-refractivity contribution in [2.75, 3.05) is 25.5 Å². The van der Waals surface area contributed by atoms with Crippen LogP contribution >= 0.6 is 0 Å². The molecule has 1 aliphatic heterocycles. The molecule has 0 amide bonds. The largest absolute Gasteiger partial charge is 0.496 e. The second-order valence-corrected chi connectivity index (χ2v) is 4.76. The monoisotopic (exact) mass is 250 g/mol. The van der Waals surface area contributed by atoms with Crippen molar-refractivity contribution in [1.82, 2.24) is 5.32 Å². The normalized spacial score (nSPS) is 16.8. The van der Waals surface area contributed by atoms with Crippen LogP contribution in [-0.4, -0.2) is 36.8 Å². The summed E-state index contributed by atoms with van der Waals surface area (Å²) in [5.41, 5.74) is 1.59. The van der Waals surface area contributed by atoms with E-state index in [0.29, 0.717) is 13.1 Å². The van der Waals surface area contributed by atoms with Crippen LogP contribution in [0.5, 0.6) is 5.75 Å². The Kier molecular flexibility index (Phi) is 3.43. The van der Waals surface area contributed by atoms with Gasteiger partial charge in [-0.05, 0) is 30.7 Å². The highest BCUT2D eigenvalue weighted by Gasteiger charge is 2.39. The Bertz CT molecular complexity index is 456. The average Bonchev–Trinajstić information content (AvgIpc) is 2.25. The molecule has 0 radical (unpaired) electrons. The van der Waals surface area contributed by atoms with Crippen molar-refractivity contribution in [3.8, 4) is 5.75 Å². The number of aliphatic carboxylic acids is 1. The highest BCUT2D eigenvalue weighted by Crippen LogP contribution is 2.27. The van der Waals surface area contributed by atoms with Gasteiger partial charge >= 0.3 is 5.97 Å². The molecule has 0 aromatic heterocycles. The molecule has 0 unspecified atom stereocenters. The smallest absolute Gasteiger partial charge is 0.305 e. The van der Waals surface area contributed by atoms with Crippen LogP contribution in [0.3, 0.4) is 0 Å². The third-order valence-electron chi connectivity index (χ3n) is 3.22. The van der Waals surface area contributed by atoms with E-state index in [-0.39, 0.29) is 12.0 Å². The first kappa shape index (κ1) is 12.7. The molecule has 1 aromatic rings. The summed E-state index contributed by atoms with van der Waals surface area (Å²) in [7, 11) is 1.64. The number of hydrogen-bond donors (Lipinski definition) is 3. The molecule has 2 rings (SSSR count). The zero-order chi connectivity index (χ0) is 13.2. The highest BCUT2D eigenvalue weighted by atomic mass is 16.5. The highest BCUT2D eigenvalue weighted by molar-refractivity contribution is 5.70. The Morgan fingerprint density at radius 3 is 2.72 bits per heavy atom. The van der Waals surface area contributed by atoms with E-state index >= 15 is 0 Å². The number of carboxylic acid groups (broad SMARTS) is 1. The Labute approximate surface area is 106 Å². The number of carboxylic acids is 1. The lowest BCUT2D eigenvalue weighted by atomic mass is 9.88. The van der Waals surface area contributed by atoms with Crippen LogP contribution in [0.4, 0.5) is 5.69 Å². The maximum Gasteiger partial charge on any atom is 0.305 e. The summed E-state index contributed by atoms with van der Waals surface area (Å²) in [4.78, 5) is 10.9. The molecule has 3 N–H and O–H groups in total. The van der Waals surface area contributed by atoms with Gasteiger partial charge in [0, 0.05) is 18.8 Å². The molecule has 1 aliphatic rings. The fourth-order valence-electron chi connectivity index (χ4n) is 2.24. The summed E-state index contributed by atoms with van der Waals surface area (Å²) in [5, 5.41) is 15.4. The lowest BCUT2D eigenvalue weighted by Gasteiger charge is -2.43. The quantitative estimate of drug-likeness (QED) is 0.733. The number of hydrogen-bond acceptors (Lipinski definition) is 4.